The number of nitrogens with zero attached hydrogens (tertiary/aromatic N) is 1. The average Bonchev–Trinajstić information content (AvgIpc) is 2.49. The quantitative estimate of drug-likeness (QED) is 0.461. The first-order valence-electron chi connectivity index (χ1n) is 6.94. The summed E-state index contributed by atoms with van der Waals surface area (Å²) in [7, 11) is 0. The number of hydrogen-bond acceptors (Lipinski definition) is 4. The van der Waals surface area contributed by atoms with Gasteiger partial charge >= 0.3 is 0 Å². The third-order valence-corrected chi connectivity index (χ3v) is 3.19. The number of nitrogens with one attached hydrogen (secondary N) is 2. The van der Waals surface area contributed by atoms with Crippen LogP contribution in [0.1, 0.15) is 12.0 Å². The van der Waals surface area contributed by atoms with Crippen LogP contribution in [0.3, 0.4) is 0 Å². The van der Waals surface area contributed by atoms with E-state index in [1.165, 1.54) is 6.07 Å². The lowest BCUT2D eigenvalue weighted by Crippen LogP contribution is -2.09. The molecule has 0 fully saturated rings. The highest BCUT2D eigenvalue weighted by Crippen LogP contribution is 2.20. The molecule has 5 nitrogen and oxygen atoms in total. The fourth-order valence-electron chi connectivity index (χ4n) is 2.06. The van der Waals surface area contributed by atoms with Gasteiger partial charge in [-0.25, -0.2) is 0 Å². The van der Waals surface area contributed by atoms with Gasteiger partial charge in [0.15, 0.2) is 0 Å². The fraction of sp³-hybridized carbons (Fsp3) is 0.250. The van der Waals surface area contributed by atoms with E-state index in [4.69, 9.17) is 0 Å². The summed E-state index contributed by atoms with van der Waals surface area (Å²) in [6, 6.07) is 14.9. The lowest BCUT2D eigenvalue weighted by Gasteiger charge is -2.10. The number of hydrogen-bond donors (Lipinski definition) is 2. The van der Waals surface area contributed by atoms with Gasteiger partial charge in [-0.2, -0.15) is 0 Å². The molecule has 0 amide bonds. The summed E-state index contributed by atoms with van der Waals surface area (Å²) in [5.74, 6) is 0. The van der Waals surface area contributed by atoms with Crippen molar-refractivity contribution in [1.82, 2.24) is 0 Å². The minimum atomic E-state index is -0.374. The second kappa shape index (κ2) is 7.28. The molecule has 0 spiro atoms. The molecule has 0 radical (unpaired) electrons. The number of para-hydroxylation sites is 1. The topological polar surface area (TPSA) is 67.2 Å². The maximum absolute atomic E-state index is 10.7. The van der Waals surface area contributed by atoms with Gasteiger partial charge in [-0.1, -0.05) is 18.2 Å². The van der Waals surface area contributed by atoms with Crippen LogP contribution in [-0.4, -0.2) is 18.0 Å². The number of nitro groups is 1. The predicted octanol–water partition coefficient (Wildman–Crippen LogP) is 3.82. The number of nitro benzene ring substituents is 1. The summed E-state index contributed by atoms with van der Waals surface area (Å²) in [5.41, 5.74) is 3.08. The van der Waals surface area contributed by atoms with Crippen LogP contribution in [0.5, 0.6) is 0 Å². The van der Waals surface area contributed by atoms with Crippen molar-refractivity contribution in [3.05, 3.63) is 64.2 Å². The van der Waals surface area contributed by atoms with Crippen molar-refractivity contribution in [3.63, 3.8) is 0 Å². The second-order valence-corrected chi connectivity index (χ2v) is 4.83. The summed E-state index contributed by atoms with van der Waals surface area (Å²) in [6.45, 7) is 3.57. The number of anilines is 2. The van der Waals surface area contributed by atoms with Crippen molar-refractivity contribution in [2.75, 3.05) is 23.7 Å². The molecule has 2 aromatic rings. The molecule has 2 aromatic carbocycles. The lowest BCUT2D eigenvalue weighted by molar-refractivity contribution is -0.384. The van der Waals surface area contributed by atoms with Crippen molar-refractivity contribution < 1.29 is 4.92 Å². The normalized spacial score (nSPS) is 10.1. The van der Waals surface area contributed by atoms with Crippen LogP contribution in [0.2, 0.25) is 0 Å². The highest BCUT2D eigenvalue weighted by Gasteiger charge is 2.07. The number of benzene rings is 2. The van der Waals surface area contributed by atoms with Gasteiger partial charge in [0.2, 0.25) is 0 Å². The van der Waals surface area contributed by atoms with Gasteiger partial charge in [0.05, 0.1) is 4.92 Å². The third kappa shape index (κ3) is 4.49. The van der Waals surface area contributed by atoms with Crippen LogP contribution in [-0.2, 0) is 0 Å². The Hall–Kier alpha value is -2.56. The first kappa shape index (κ1) is 14.8. The van der Waals surface area contributed by atoms with Gasteiger partial charge in [0.1, 0.15) is 0 Å². The van der Waals surface area contributed by atoms with Crippen molar-refractivity contribution in [3.8, 4) is 0 Å². The van der Waals surface area contributed by atoms with E-state index in [0.29, 0.717) is 0 Å². The van der Waals surface area contributed by atoms with Crippen LogP contribution < -0.4 is 10.6 Å². The van der Waals surface area contributed by atoms with Crippen molar-refractivity contribution in [2.45, 2.75) is 13.3 Å². The smallest absolute Gasteiger partial charge is 0.269 e. The van der Waals surface area contributed by atoms with Gasteiger partial charge < -0.3 is 10.6 Å². The molecule has 0 aromatic heterocycles. The Labute approximate surface area is 124 Å². The Morgan fingerprint density at radius 2 is 1.76 bits per heavy atom. The van der Waals surface area contributed by atoms with E-state index in [9.17, 15) is 10.1 Å². The van der Waals surface area contributed by atoms with Crippen molar-refractivity contribution in [1.29, 1.82) is 0 Å². The van der Waals surface area contributed by atoms with Gasteiger partial charge in [-0.3, -0.25) is 10.1 Å². The summed E-state index contributed by atoms with van der Waals surface area (Å²) in [5, 5.41) is 17.3. The standard InChI is InChI=1S/C16H19N3O2/c1-13-12-15(19(20)21)8-9-16(13)18-11-5-10-17-14-6-3-2-4-7-14/h2-4,6-9,12,17-18H,5,10-11H2,1H3. The Morgan fingerprint density at radius 1 is 1.05 bits per heavy atom. The molecule has 110 valence electrons. The van der Waals surface area contributed by atoms with E-state index in [1.807, 2.05) is 37.3 Å². The molecule has 0 bridgehead atoms. The largest absolute Gasteiger partial charge is 0.385 e. The van der Waals surface area contributed by atoms with Crippen LogP contribution >= 0.6 is 0 Å². The molecular formula is C16H19N3O2. The Bertz CT molecular complexity index is 600. The minimum absolute atomic E-state index is 0.129. The maximum Gasteiger partial charge on any atom is 0.269 e. The predicted molar refractivity (Wildman–Crippen MR) is 85.9 cm³/mol. The zero-order chi connectivity index (χ0) is 15.1. The number of non-ortho nitro benzene ring substituents is 1. The van der Waals surface area contributed by atoms with E-state index in [2.05, 4.69) is 10.6 Å². The lowest BCUT2D eigenvalue weighted by atomic mass is 10.2. The first-order chi connectivity index (χ1) is 10.2. The molecule has 2 N–H and O–H groups in total. The van der Waals surface area contributed by atoms with Gasteiger partial charge in [-0.15, -0.1) is 0 Å². The monoisotopic (exact) mass is 285 g/mol. The summed E-state index contributed by atoms with van der Waals surface area (Å²) in [6.07, 6.45) is 0.964. The molecule has 0 saturated carbocycles. The molecule has 0 aliphatic carbocycles. The fourth-order valence-corrected chi connectivity index (χ4v) is 2.06. The van der Waals surface area contributed by atoms with Crippen molar-refractivity contribution >= 4 is 17.1 Å². The van der Waals surface area contributed by atoms with E-state index in [1.54, 1.807) is 12.1 Å². The van der Waals surface area contributed by atoms with Gasteiger partial charge in [0.25, 0.3) is 5.69 Å². The van der Waals surface area contributed by atoms with Crippen LogP contribution in [0.15, 0.2) is 48.5 Å². The summed E-state index contributed by atoms with van der Waals surface area (Å²) < 4.78 is 0. The van der Waals surface area contributed by atoms with Crippen LogP contribution in [0, 0.1) is 17.0 Å². The summed E-state index contributed by atoms with van der Waals surface area (Å²) >= 11 is 0. The minimum Gasteiger partial charge on any atom is -0.385 e. The Morgan fingerprint density at radius 3 is 2.43 bits per heavy atom. The van der Waals surface area contributed by atoms with Gasteiger partial charge in [-0.05, 0) is 37.1 Å². The second-order valence-electron chi connectivity index (χ2n) is 4.83. The van der Waals surface area contributed by atoms with Crippen molar-refractivity contribution in [2.24, 2.45) is 0 Å². The van der Waals surface area contributed by atoms with Gasteiger partial charge in [0, 0.05) is 36.6 Å². The Balaban J connectivity index is 1.75. The van der Waals surface area contributed by atoms with E-state index >= 15 is 0 Å². The highest BCUT2D eigenvalue weighted by molar-refractivity contribution is 5.55. The molecule has 0 atom stereocenters. The molecule has 0 unspecified atom stereocenters. The molecule has 0 aliphatic rings. The van der Waals surface area contributed by atoms with Crippen LogP contribution in [0.4, 0.5) is 17.1 Å². The van der Waals surface area contributed by atoms with E-state index in [0.717, 1.165) is 36.4 Å². The molecule has 0 saturated heterocycles. The maximum atomic E-state index is 10.7. The molecule has 0 heterocycles. The summed E-state index contributed by atoms with van der Waals surface area (Å²) in [4.78, 5) is 10.3. The SMILES string of the molecule is Cc1cc([N+](=O)[O-])ccc1NCCCNc1ccccc1. The molecule has 5 heteroatoms. The molecule has 2 rings (SSSR count). The van der Waals surface area contributed by atoms with E-state index in [-0.39, 0.29) is 10.6 Å². The molecule has 21 heavy (non-hydrogen) atoms. The van der Waals surface area contributed by atoms with Crippen LogP contribution in [0.25, 0.3) is 0 Å². The number of aryl methyl sites for hydroxylation is 1. The molecular weight excluding hydrogens is 266 g/mol. The zero-order valence-corrected chi connectivity index (χ0v) is 12.0. The Kier molecular flexibility index (Phi) is 5.15. The number of rotatable bonds is 7. The highest BCUT2D eigenvalue weighted by atomic mass is 16.6. The third-order valence-electron chi connectivity index (χ3n) is 3.19. The zero-order valence-electron chi connectivity index (χ0n) is 12.0. The van der Waals surface area contributed by atoms with E-state index < -0.39 is 0 Å². The average molecular weight is 285 g/mol. The molecule has 0 aliphatic heterocycles. The first-order valence-corrected chi connectivity index (χ1v) is 6.94.